The first-order chi connectivity index (χ1) is 17.5. The molecule has 6 heteroatoms. The predicted octanol–water partition coefficient (Wildman–Crippen LogP) is 5.57. The first kappa shape index (κ1) is 25.5. The Hall–Kier alpha value is -3.64. The number of aryl methyl sites for hydroxylation is 2. The van der Waals surface area contributed by atoms with Crippen molar-refractivity contribution < 1.29 is 14.3 Å². The van der Waals surface area contributed by atoms with Gasteiger partial charge in [-0.25, -0.2) is 4.98 Å². The van der Waals surface area contributed by atoms with Gasteiger partial charge >= 0.3 is 0 Å². The van der Waals surface area contributed by atoms with Gasteiger partial charge in [0.2, 0.25) is 5.91 Å². The largest absolute Gasteiger partial charge is 0.497 e. The molecule has 4 rings (SSSR count). The third-order valence-electron chi connectivity index (χ3n) is 6.61. The summed E-state index contributed by atoms with van der Waals surface area (Å²) in [6.45, 7) is 6.87. The Morgan fingerprint density at radius 2 is 1.78 bits per heavy atom. The van der Waals surface area contributed by atoms with Crippen LogP contribution in [0.4, 0.5) is 5.69 Å². The van der Waals surface area contributed by atoms with E-state index >= 15 is 0 Å². The fraction of sp³-hybridized carbons (Fsp3) is 0.333. The number of imidazole rings is 1. The quantitative estimate of drug-likeness (QED) is 0.294. The zero-order valence-corrected chi connectivity index (χ0v) is 21.8. The van der Waals surface area contributed by atoms with E-state index in [0.29, 0.717) is 13.0 Å². The molecule has 0 unspecified atom stereocenters. The highest BCUT2D eigenvalue weighted by atomic mass is 16.5. The van der Waals surface area contributed by atoms with Gasteiger partial charge in [-0.3, -0.25) is 4.79 Å². The van der Waals surface area contributed by atoms with Gasteiger partial charge in [-0.05, 0) is 61.2 Å². The molecule has 0 aliphatic heterocycles. The summed E-state index contributed by atoms with van der Waals surface area (Å²) in [5.41, 5.74) is 6.16. The number of anilines is 1. The summed E-state index contributed by atoms with van der Waals surface area (Å²) in [5, 5.41) is 0. The maximum atomic E-state index is 14.1. The van der Waals surface area contributed by atoms with Crippen LogP contribution in [0.2, 0.25) is 0 Å². The Morgan fingerprint density at radius 3 is 2.47 bits per heavy atom. The Bertz CT molecular complexity index is 1330. The predicted molar refractivity (Wildman–Crippen MR) is 145 cm³/mol. The number of methoxy groups -OCH3 is 2. The zero-order valence-electron chi connectivity index (χ0n) is 21.8. The summed E-state index contributed by atoms with van der Waals surface area (Å²) in [4.78, 5) is 20.9. The Kier molecular flexibility index (Phi) is 8.06. The second kappa shape index (κ2) is 11.4. The molecule has 1 aromatic heterocycles. The minimum Gasteiger partial charge on any atom is -0.497 e. The van der Waals surface area contributed by atoms with Crippen molar-refractivity contribution in [3.05, 3.63) is 89.2 Å². The Balaban J connectivity index is 1.74. The molecule has 0 saturated carbocycles. The standard InChI is InChI=1S/C30H35N3O3/c1-6-24-11-9-10-21(2)30(24)33(22(3)20-35-4)29(34)19-32-27-13-8-7-12-26(27)31-28(32)18-23-14-16-25(36-5)17-15-23/h7-17,22H,6,18-20H2,1-5H3/t22-/m1/s1. The van der Waals surface area contributed by atoms with E-state index in [0.717, 1.165) is 51.4 Å². The highest BCUT2D eigenvalue weighted by Gasteiger charge is 2.27. The number of ether oxygens (including phenoxy) is 2. The van der Waals surface area contributed by atoms with E-state index in [2.05, 4.69) is 36.6 Å². The molecule has 1 amide bonds. The van der Waals surface area contributed by atoms with Crippen LogP contribution < -0.4 is 9.64 Å². The van der Waals surface area contributed by atoms with Crippen molar-refractivity contribution in [1.82, 2.24) is 9.55 Å². The van der Waals surface area contributed by atoms with Crippen LogP contribution in [0, 0.1) is 6.92 Å². The van der Waals surface area contributed by atoms with Crippen LogP contribution >= 0.6 is 0 Å². The highest BCUT2D eigenvalue weighted by molar-refractivity contribution is 5.96. The SMILES string of the molecule is CCc1cccc(C)c1N(C(=O)Cn1c(Cc2ccc(OC)cc2)nc2ccccc21)[C@H](C)COC. The van der Waals surface area contributed by atoms with Gasteiger partial charge in [0.1, 0.15) is 18.1 Å². The first-order valence-electron chi connectivity index (χ1n) is 12.4. The Labute approximate surface area is 213 Å². The van der Waals surface area contributed by atoms with Crippen molar-refractivity contribution in [2.75, 3.05) is 25.7 Å². The molecule has 0 radical (unpaired) electrons. The fourth-order valence-corrected chi connectivity index (χ4v) is 4.83. The fourth-order valence-electron chi connectivity index (χ4n) is 4.83. The van der Waals surface area contributed by atoms with E-state index in [4.69, 9.17) is 14.5 Å². The van der Waals surface area contributed by atoms with E-state index in [1.807, 2.05) is 60.4 Å². The van der Waals surface area contributed by atoms with Gasteiger partial charge in [0.25, 0.3) is 0 Å². The topological polar surface area (TPSA) is 56.6 Å². The smallest absolute Gasteiger partial charge is 0.247 e. The van der Waals surface area contributed by atoms with E-state index in [-0.39, 0.29) is 18.5 Å². The van der Waals surface area contributed by atoms with Crippen molar-refractivity contribution in [2.24, 2.45) is 0 Å². The number of hydrogen-bond acceptors (Lipinski definition) is 4. The molecule has 36 heavy (non-hydrogen) atoms. The summed E-state index contributed by atoms with van der Waals surface area (Å²) in [7, 11) is 3.34. The molecule has 0 N–H and O–H groups in total. The summed E-state index contributed by atoms with van der Waals surface area (Å²) >= 11 is 0. The lowest BCUT2D eigenvalue weighted by atomic mass is 10.0. The number of rotatable bonds is 10. The number of benzene rings is 3. The van der Waals surface area contributed by atoms with Gasteiger partial charge in [-0.15, -0.1) is 0 Å². The van der Waals surface area contributed by atoms with Crippen molar-refractivity contribution >= 4 is 22.6 Å². The van der Waals surface area contributed by atoms with Crippen molar-refractivity contribution in [3.8, 4) is 5.75 Å². The van der Waals surface area contributed by atoms with E-state index in [1.165, 1.54) is 0 Å². The molecule has 1 atom stereocenters. The van der Waals surface area contributed by atoms with Gasteiger partial charge in [0, 0.05) is 13.5 Å². The van der Waals surface area contributed by atoms with E-state index in [9.17, 15) is 4.79 Å². The lowest BCUT2D eigenvalue weighted by molar-refractivity contribution is -0.119. The van der Waals surface area contributed by atoms with Crippen LogP contribution in [0.25, 0.3) is 11.0 Å². The summed E-state index contributed by atoms with van der Waals surface area (Å²) in [6, 6.07) is 22.1. The maximum Gasteiger partial charge on any atom is 0.247 e. The Morgan fingerprint density at radius 1 is 1.03 bits per heavy atom. The number of para-hydroxylation sites is 3. The highest BCUT2D eigenvalue weighted by Crippen LogP contribution is 2.29. The van der Waals surface area contributed by atoms with Crippen LogP contribution in [0.15, 0.2) is 66.7 Å². The molecule has 0 fully saturated rings. The molecule has 6 nitrogen and oxygen atoms in total. The molecule has 188 valence electrons. The monoisotopic (exact) mass is 485 g/mol. The summed E-state index contributed by atoms with van der Waals surface area (Å²) in [6.07, 6.45) is 1.46. The van der Waals surface area contributed by atoms with E-state index < -0.39 is 0 Å². The molecular weight excluding hydrogens is 450 g/mol. The molecule has 0 spiro atoms. The number of hydrogen-bond donors (Lipinski definition) is 0. The number of nitrogens with zero attached hydrogens (tertiary/aromatic N) is 3. The minimum absolute atomic E-state index is 0.0164. The average molecular weight is 486 g/mol. The zero-order chi connectivity index (χ0) is 25.7. The molecule has 0 aliphatic rings. The minimum atomic E-state index is -0.117. The van der Waals surface area contributed by atoms with Crippen LogP contribution in [-0.4, -0.2) is 42.3 Å². The van der Waals surface area contributed by atoms with Gasteiger partial charge < -0.3 is 18.9 Å². The van der Waals surface area contributed by atoms with Crippen LogP contribution in [-0.2, 0) is 28.9 Å². The first-order valence-corrected chi connectivity index (χ1v) is 12.4. The molecule has 0 saturated heterocycles. The van der Waals surface area contributed by atoms with Crippen LogP contribution in [0.5, 0.6) is 5.75 Å². The maximum absolute atomic E-state index is 14.1. The molecular formula is C30H35N3O3. The van der Waals surface area contributed by atoms with Gasteiger partial charge in [0.05, 0.1) is 36.5 Å². The third-order valence-corrected chi connectivity index (χ3v) is 6.61. The van der Waals surface area contributed by atoms with Gasteiger partial charge in [-0.2, -0.15) is 0 Å². The van der Waals surface area contributed by atoms with Crippen LogP contribution in [0.3, 0.4) is 0 Å². The van der Waals surface area contributed by atoms with E-state index in [1.54, 1.807) is 14.2 Å². The van der Waals surface area contributed by atoms with Crippen LogP contribution in [0.1, 0.15) is 36.4 Å². The summed E-state index contributed by atoms with van der Waals surface area (Å²) < 4.78 is 12.8. The summed E-state index contributed by atoms with van der Waals surface area (Å²) in [5.74, 6) is 1.69. The molecule has 3 aromatic carbocycles. The number of fused-ring (bicyclic) bond motifs is 1. The average Bonchev–Trinajstić information content (AvgIpc) is 3.22. The van der Waals surface area contributed by atoms with Crippen molar-refractivity contribution in [2.45, 2.75) is 46.2 Å². The lowest BCUT2D eigenvalue weighted by Gasteiger charge is -2.32. The van der Waals surface area contributed by atoms with Crippen molar-refractivity contribution in [3.63, 3.8) is 0 Å². The molecule has 0 bridgehead atoms. The number of aromatic nitrogens is 2. The second-order valence-corrected chi connectivity index (χ2v) is 9.13. The third kappa shape index (κ3) is 5.29. The van der Waals surface area contributed by atoms with Gasteiger partial charge in [-0.1, -0.05) is 49.4 Å². The van der Waals surface area contributed by atoms with Crippen molar-refractivity contribution in [1.29, 1.82) is 0 Å². The lowest BCUT2D eigenvalue weighted by Crippen LogP contribution is -2.44. The van der Waals surface area contributed by atoms with Gasteiger partial charge in [0.15, 0.2) is 0 Å². The normalized spacial score (nSPS) is 12.0. The molecule has 1 heterocycles. The number of amides is 1. The number of carbonyl (C=O) groups is 1. The number of carbonyl (C=O) groups excluding carboxylic acids is 1. The molecule has 4 aromatic rings. The molecule has 0 aliphatic carbocycles. The second-order valence-electron chi connectivity index (χ2n) is 9.13.